The Kier molecular flexibility index (Phi) is 7.98. The summed E-state index contributed by atoms with van der Waals surface area (Å²) >= 11 is 0. The number of amides is 3. The summed E-state index contributed by atoms with van der Waals surface area (Å²) in [7, 11) is 1.56. The van der Waals surface area contributed by atoms with E-state index >= 15 is 0 Å². The number of benzene rings is 2. The van der Waals surface area contributed by atoms with Crippen molar-refractivity contribution in [3.8, 4) is 5.75 Å². The minimum absolute atomic E-state index is 0.0731. The minimum Gasteiger partial charge on any atom is -0.497 e. The van der Waals surface area contributed by atoms with E-state index in [1.54, 1.807) is 43.5 Å². The molecule has 2 aromatic rings. The van der Waals surface area contributed by atoms with Crippen LogP contribution >= 0.6 is 0 Å². The molecule has 0 aliphatic rings. The van der Waals surface area contributed by atoms with E-state index in [1.807, 2.05) is 18.2 Å². The smallest absolute Gasteiger partial charge is 0.407 e. The van der Waals surface area contributed by atoms with E-state index in [0.717, 1.165) is 11.1 Å². The average molecular weight is 384 g/mol. The molecule has 147 valence electrons. The fraction of sp³-hybridized carbons (Fsp3) is 0.250. The Bertz CT molecular complexity index is 793. The van der Waals surface area contributed by atoms with Gasteiger partial charge in [-0.05, 0) is 29.7 Å². The van der Waals surface area contributed by atoms with Gasteiger partial charge >= 0.3 is 6.09 Å². The standard InChI is InChI=1S/C20H22N3O5/c1-27-16-9-7-14(8-10-16)11-17(21)19(25)23-18(24)12-22-20(26)28-13-15-5-3-2-4-6-15/h2-10,17H,11-13,21H2,1H3,(H,22,26)/t17-/m0/s1. The van der Waals surface area contributed by atoms with Gasteiger partial charge in [0.15, 0.2) is 0 Å². The van der Waals surface area contributed by atoms with E-state index in [0.29, 0.717) is 5.75 Å². The zero-order chi connectivity index (χ0) is 20.4. The van der Waals surface area contributed by atoms with Gasteiger partial charge in [0.05, 0.1) is 13.2 Å². The SMILES string of the molecule is COc1ccc(C[C@H](N)C(=O)[N]C(=O)CNC(=O)OCc2ccccc2)cc1. The molecule has 0 unspecified atom stereocenters. The van der Waals surface area contributed by atoms with Crippen molar-refractivity contribution < 1.29 is 23.9 Å². The molecule has 0 aromatic heterocycles. The van der Waals surface area contributed by atoms with Gasteiger partial charge in [0.1, 0.15) is 18.9 Å². The number of nitrogens with zero attached hydrogens (tertiary/aromatic N) is 1. The molecule has 28 heavy (non-hydrogen) atoms. The van der Waals surface area contributed by atoms with Gasteiger partial charge in [-0.15, -0.1) is 0 Å². The van der Waals surface area contributed by atoms with Gasteiger partial charge in [-0.3, -0.25) is 9.59 Å². The van der Waals surface area contributed by atoms with Crippen LogP contribution in [0.2, 0.25) is 0 Å². The summed E-state index contributed by atoms with van der Waals surface area (Å²) in [6.45, 7) is -0.377. The highest BCUT2D eigenvalue weighted by molar-refractivity contribution is 5.98. The Balaban J connectivity index is 1.69. The van der Waals surface area contributed by atoms with Crippen LogP contribution in [-0.2, 0) is 27.4 Å². The molecule has 0 aliphatic carbocycles. The third-order valence-corrected chi connectivity index (χ3v) is 3.76. The first-order chi connectivity index (χ1) is 13.5. The molecule has 0 aliphatic heterocycles. The molecule has 1 atom stereocenters. The van der Waals surface area contributed by atoms with Crippen LogP contribution < -0.4 is 21.1 Å². The molecule has 1 radical (unpaired) electrons. The van der Waals surface area contributed by atoms with Crippen LogP contribution in [0, 0.1) is 0 Å². The van der Waals surface area contributed by atoms with Crippen molar-refractivity contribution in [3.05, 3.63) is 65.7 Å². The average Bonchev–Trinajstić information content (AvgIpc) is 2.72. The molecule has 0 heterocycles. The van der Waals surface area contributed by atoms with Crippen LogP contribution in [0.15, 0.2) is 54.6 Å². The van der Waals surface area contributed by atoms with E-state index in [9.17, 15) is 14.4 Å². The lowest BCUT2D eigenvalue weighted by atomic mass is 10.1. The van der Waals surface area contributed by atoms with Crippen molar-refractivity contribution in [1.82, 2.24) is 10.6 Å². The highest BCUT2D eigenvalue weighted by Crippen LogP contribution is 2.12. The van der Waals surface area contributed by atoms with Gasteiger partial charge < -0.3 is 20.5 Å². The second kappa shape index (κ2) is 10.7. The fourth-order valence-corrected chi connectivity index (χ4v) is 2.27. The number of nitrogens with two attached hydrogens (primary N) is 1. The van der Waals surface area contributed by atoms with Crippen LogP contribution in [0.4, 0.5) is 4.79 Å². The minimum atomic E-state index is -0.956. The number of rotatable bonds is 8. The second-order valence-corrected chi connectivity index (χ2v) is 5.92. The number of ether oxygens (including phenoxy) is 2. The summed E-state index contributed by atoms with van der Waals surface area (Å²) in [4.78, 5) is 35.3. The van der Waals surface area contributed by atoms with Crippen LogP contribution in [-0.4, -0.2) is 37.6 Å². The summed E-state index contributed by atoms with van der Waals surface area (Å²) < 4.78 is 10.0. The Labute approximate surface area is 163 Å². The molecule has 0 saturated carbocycles. The van der Waals surface area contributed by atoms with Crippen molar-refractivity contribution in [1.29, 1.82) is 0 Å². The van der Waals surface area contributed by atoms with Crippen LogP contribution in [0.25, 0.3) is 0 Å². The molecular formula is C20H22N3O5. The van der Waals surface area contributed by atoms with Crippen molar-refractivity contribution in [2.45, 2.75) is 19.1 Å². The number of imide groups is 1. The van der Waals surface area contributed by atoms with Gasteiger partial charge in [0.25, 0.3) is 11.8 Å². The van der Waals surface area contributed by atoms with Crippen molar-refractivity contribution in [3.63, 3.8) is 0 Å². The molecule has 8 nitrogen and oxygen atoms in total. The van der Waals surface area contributed by atoms with Crippen molar-refractivity contribution in [2.75, 3.05) is 13.7 Å². The highest BCUT2D eigenvalue weighted by Gasteiger charge is 2.19. The number of nitrogens with one attached hydrogen (secondary N) is 1. The second-order valence-electron chi connectivity index (χ2n) is 5.92. The quantitative estimate of drug-likeness (QED) is 0.704. The molecule has 2 rings (SSSR count). The molecule has 2 aromatic carbocycles. The van der Waals surface area contributed by atoms with E-state index in [2.05, 4.69) is 10.6 Å². The Morgan fingerprint density at radius 2 is 1.71 bits per heavy atom. The number of carbonyl (C=O) groups is 3. The first kappa shape index (κ1) is 20.9. The number of carbonyl (C=O) groups excluding carboxylic acids is 3. The number of methoxy groups -OCH3 is 1. The lowest BCUT2D eigenvalue weighted by Gasteiger charge is -2.11. The molecule has 0 fully saturated rings. The van der Waals surface area contributed by atoms with E-state index < -0.39 is 30.5 Å². The molecule has 0 bridgehead atoms. The maximum atomic E-state index is 12.0. The van der Waals surface area contributed by atoms with Gasteiger partial charge in [-0.2, -0.15) is 5.32 Å². The Morgan fingerprint density at radius 3 is 2.36 bits per heavy atom. The molecule has 3 N–H and O–H groups in total. The van der Waals surface area contributed by atoms with Crippen molar-refractivity contribution >= 4 is 17.9 Å². The number of alkyl carbamates (subject to hydrolysis) is 1. The first-order valence-electron chi connectivity index (χ1n) is 8.59. The van der Waals surface area contributed by atoms with Crippen LogP contribution in [0.3, 0.4) is 0 Å². The van der Waals surface area contributed by atoms with Gasteiger partial charge in [0.2, 0.25) is 0 Å². The number of hydrogen-bond donors (Lipinski definition) is 2. The van der Waals surface area contributed by atoms with E-state index in [1.165, 1.54) is 0 Å². The predicted octanol–water partition coefficient (Wildman–Crippen LogP) is 1.15. The normalized spacial score (nSPS) is 11.2. The number of hydrogen-bond acceptors (Lipinski definition) is 6. The lowest BCUT2D eigenvalue weighted by Crippen LogP contribution is -2.43. The summed E-state index contributed by atoms with van der Waals surface area (Å²) in [5, 5.41) is 5.65. The summed E-state index contributed by atoms with van der Waals surface area (Å²) in [6, 6.07) is 15.2. The molecule has 8 heteroatoms. The summed E-state index contributed by atoms with van der Waals surface area (Å²) in [6.07, 6.45) is -0.547. The van der Waals surface area contributed by atoms with Crippen LogP contribution in [0.1, 0.15) is 11.1 Å². The molecular weight excluding hydrogens is 362 g/mol. The van der Waals surface area contributed by atoms with Crippen molar-refractivity contribution in [2.24, 2.45) is 5.73 Å². The largest absolute Gasteiger partial charge is 0.497 e. The summed E-state index contributed by atoms with van der Waals surface area (Å²) in [5.74, 6) is -0.860. The topological polar surface area (TPSA) is 122 Å². The lowest BCUT2D eigenvalue weighted by molar-refractivity contribution is -0.131. The van der Waals surface area contributed by atoms with Gasteiger partial charge in [-0.1, -0.05) is 42.5 Å². The third-order valence-electron chi connectivity index (χ3n) is 3.76. The van der Waals surface area contributed by atoms with Gasteiger partial charge in [-0.25, -0.2) is 4.79 Å². The Hall–Kier alpha value is -3.39. The highest BCUT2D eigenvalue weighted by atomic mass is 16.5. The fourth-order valence-electron chi connectivity index (χ4n) is 2.27. The maximum absolute atomic E-state index is 12.0. The summed E-state index contributed by atoms with van der Waals surface area (Å²) in [5.41, 5.74) is 7.42. The Morgan fingerprint density at radius 1 is 1.04 bits per heavy atom. The maximum Gasteiger partial charge on any atom is 0.407 e. The zero-order valence-corrected chi connectivity index (χ0v) is 15.5. The molecule has 0 spiro atoms. The molecule has 0 saturated heterocycles. The predicted molar refractivity (Wildman–Crippen MR) is 101 cm³/mol. The van der Waals surface area contributed by atoms with E-state index in [4.69, 9.17) is 15.2 Å². The molecule has 3 amide bonds. The monoisotopic (exact) mass is 384 g/mol. The zero-order valence-electron chi connectivity index (χ0n) is 15.5. The van der Waals surface area contributed by atoms with E-state index in [-0.39, 0.29) is 13.0 Å². The first-order valence-corrected chi connectivity index (χ1v) is 8.59. The van der Waals surface area contributed by atoms with Gasteiger partial charge in [0, 0.05) is 0 Å². The van der Waals surface area contributed by atoms with Crippen LogP contribution in [0.5, 0.6) is 5.75 Å². The third kappa shape index (κ3) is 7.08.